The lowest BCUT2D eigenvalue weighted by atomic mass is 9.90. The Labute approximate surface area is 141 Å². The standard InChI is InChI=1S/C19H20N2O3/c22-19(17-4-2-1-3-5-17)20-12-10-16(11-13-20)14-15-6-8-18(9-7-15)21(23)24/h1-9,16H,10-14H2. The quantitative estimate of drug-likeness (QED) is 0.636. The molecule has 1 fully saturated rings. The number of hydrogen-bond donors (Lipinski definition) is 0. The molecular formula is C19H20N2O3. The predicted molar refractivity (Wildman–Crippen MR) is 91.9 cm³/mol. The zero-order valence-electron chi connectivity index (χ0n) is 13.4. The van der Waals surface area contributed by atoms with E-state index in [2.05, 4.69) is 0 Å². The molecular weight excluding hydrogens is 304 g/mol. The summed E-state index contributed by atoms with van der Waals surface area (Å²) in [5, 5.41) is 10.7. The third kappa shape index (κ3) is 3.79. The predicted octanol–water partition coefficient (Wildman–Crippen LogP) is 3.69. The molecule has 0 aliphatic carbocycles. The molecule has 124 valence electrons. The monoisotopic (exact) mass is 324 g/mol. The molecule has 0 saturated carbocycles. The third-order valence-corrected chi connectivity index (χ3v) is 4.59. The van der Waals surface area contributed by atoms with Crippen molar-refractivity contribution in [2.24, 2.45) is 5.92 Å². The number of carbonyl (C=O) groups is 1. The van der Waals surface area contributed by atoms with Crippen LogP contribution in [0.4, 0.5) is 5.69 Å². The van der Waals surface area contributed by atoms with Gasteiger partial charge in [-0.25, -0.2) is 0 Å². The molecule has 1 heterocycles. The summed E-state index contributed by atoms with van der Waals surface area (Å²) in [5.41, 5.74) is 1.99. The first kappa shape index (κ1) is 16.2. The number of benzene rings is 2. The summed E-state index contributed by atoms with van der Waals surface area (Å²) in [7, 11) is 0. The lowest BCUT2D eigenvalue weighted by Crippen LogP contribution is -2.38. The van der Waals surface area contributed by atoms with E-state index in [1.165, 1.54) is 0 Å². The maximum atomic E-state index is 12.4. The molecule has 5 nitrogen and oxygen atoms in total. The average Bonchev–Trinajstić information content (AvgIpc) is 2.63. The fourth-order valence-electron chi connectivity index (χ4n) is 3.19. The minimum Gasteiger partial charge on any atom is -0.339 e. The van der Waals surface area contributed by atoms with E-state index in [0.717, 1.165) is 43.5 Å². The van der Waals surface area contributed by atoms with E-state index in [1.54, 1.807) is 12.1 Å². The average molecular weight is 324 g/mol. The largest absolute Gasteiger partial charge is 0.339 e. The molecule has 1 aliphatic heterocycles. The number of likely N-dealkylation sites (tertiary alicyclic amines) is 1. The van der Waals surface area contributed by atoms with Crippen LogP contribution in [0.1, 0.15) is 28.8 Å². The van der Waals surface area contributed by atoms with Gasteiger partial charge in [-0.05, 0) is 42.9 Å². The van der Waals surface area contributed by atoms with Crippen molar-refractivity contribution in [2.45, 2.75) is 19.3 Å². The number of carbonyl (C=O) groups excluding carboxylic acids is 1. The normalized spacial score (nSPS) is 15.2. The Bertz CT molecular complexity index is 705. The summed E-state index contributed by atoms with van der Waals surface area (Å²) in [6.07, 6.45) is 2.84. The molecule has 1 saturated heterocycles. The topological polar surface area (TPSA) is 63.5 Å². The number of rotatable bonds is 4. The molecule has 0 spiro atoms. The Morgan fingerprint density at radius 2 is 1.67 bits per heavy atom. The number of piperidine rings is 1. The molecule has 3 rings (SSSR count). The summed E-state index contributed by atoms with van der Waals surface area (Å²) in [6, 6.07) is 16.2. The molecule has 0 radical (unpaired) electrons. The fraction of sp³-hybridized carbons (Fsp3) is 0.316. The lowest BCUT2D eigenvalue weighted by Gasteiger charge is -2.32. The van der Waals surface area contributed by atoms with Crippen molar-refractivity contribution in [3.63, 3.8) is 0 Å². The van der Waals surface area contributed by atoms with Crippen molar-refractivity contribution in [3.05, 3.63) is 75.8 Å². The maximum absolute atomic E-state index is 12.4. The molecule has 1 amide bonds. The molecule has 2 aromatic rings. The first-order valence-electron chi connectivity index (χ1n) is 8.21. The smallest absolute Gasteiger partial charge is 0.269 e. The van der Waals surface area contributed by atoms with Crippen LogP contribution in [0.3, 0.4) is 0 Å². The van der Waals surface area contributed by atoms with E-state index < -0.39 is 0 Å². The zero-order chi connectivity index (χ0) is 16.9. The van der Waals surface area contributed by atoms with Crippen LogP contribution in [0.15, 0.2) is 54.6 Å². The molecule has 0 atom stereocenters. The van der Waals surface area contributed by atoms with Gasteiger partial charge in [0, 0.05) is 30.8 Å². The van der Waals surface area contributed by atoms with Crippen molar-refractivity contribution in [1.82, 2.24) is 4.90 Å². The van der Waals surface area contributed by atoms with Gasteiger partial charge in [-0.2, -0.15) is 0 Å². The highest BCUT2D eigenvalue weighted by molar-refractivity contribution is 5.94. The zero-order valence-corrected chi connectivity index (χ0v) is 13.4. The van der Waals surface area contributed by atoms with E-state index in [0.29, 0.717) is 5.92 Å². The van der Waals surface area contributed by atoms with Gasteiger partial charge in [-0.3, -0.25) is 14.9 Å². The Balaban J connectivity index is 1.53. The Morgan fingerprint density at radius 3 is 2.25 bits per heavy atom. The molecule has 24 heavy (non-hydrogen) atoms. The molecule has 0 N–H and O–H groups in total. The number of hydrogen-bond acceptors (Lipinski definition) is 3. The van der Waals surface area contributed by atoms with Crippen LogP contribution in [0, 0.1) is 16.0 Å². The van der Waals surface area contributed by atoms with Gasteiger partial charge in [0.05, 0.1) is 4.92 Å². The highest BCUT2D eigenvalue weighted by atomic mass is 16.6. The Hall–Kier alpha value is -2.69. The molecule has 2 aromatic carbocycles. The number of nitro groups is 1. The van der Waals surface area contributed by atoms with Gasteiger partial charge in [-0.15, -0.1) is 0 Å². The summed E-state index contributed by atoms with van der Waals surface area (Å²) in [6.45, 7) is 1.54. The first-order valence-corrected chi connectivity index (χ1v) is 8.21. The van der Waals surface area contributed by atoms with E-state index in [9.17, 15) is 14.9 Å². The van der Waals surface area contributed by atoms with Gasteiger partial charge in [0.2, 0.25) is 0 Å². The lowest BCUT2D eigenvalue weighted by molar-refractivity contribution is -0.384. The van der Waals surface area contributed by atoms with E-state index >= 15 is 0 Å². The van der Waals surface area contributed by atoms with Gasteiger partial charge >= 0.3 is 0 Å². The van der Waals surface area contributed by atoms with E-state index in [1.807, 2.05) is 47.4 Å². The van der Waals surface area contributed by atoms with Crippen LogP contribution in [-0.2, 0) is 6.42 Å². The molecule has 0 bridgehead atoms. The number of non-ortho nitro benzene ring substituents is 1. The summed E-state index contributed by atoms with van der Waals surface area (Å²) in [4.78, 5) is 24.7. The second kappa shape index (κ2) is 7.25. The number of nitro benzene ring substituents is 1. The summed E-state index contributed by atoms with van der Waals surface area (Å²) >= 11 is 0. The summed E-state index contributed by atoms with van der Waals surface area (Å²) < 4.78 is 0. The second-order valence-corrected chi connectivity index (χ2v) is 6.23. The minimum absolute atomic E-state index is 0.101. The highest BCUT2D eigenvalue weighted by Crippen LogP contribution is 2.24. The van der Waals surface area contributed by atoms with E-state index in [-0.39, 0.29) is 16.5 Å². The minimum atomic E-state index is -0.378. The number of nitrogens with zero attached hydrogens (tertiary/aromatic N) is 2. The van der Waals surface area contributed by atoms with Crippen LogP contribution in [0.25, 0.3) is 0 Å². The van der Waals surface area contributed by atoms with Crippen LogP contribution < -0.4 is 0 Å². The second-order valence-electron chi connectivity index (χ2n) is 6.23. The van der Waals surface area contributed by atoms with Crippen LogP contribution in [-0.4, -0.2) is 28.8 Å². The molecule has 5 heteroatoms. The van der Waals surface area contributed by atoms with Gasteiger partial charge in [0.1, 0.15) is 0 Å². The van der Waals surface area contributed by atoms with Crippen LogP contribution in [0.2, 0.25) is 0 Å². The third-order valence-electron chi connectivity index (χ3n) is 4.59. The Morgan fingerprint density at radius 1 is 1.04 bits per heavy atom. The number of amides is 1. The fourth-order valence-corrected chi connectivity index (χ4v) is 3.19. The van der Waals surface area contributed by atoms with Crippen LogP contribution in [0.5, 0.6) is 0 Å². The van der Waals surface area contributed by atoms with Crippen molar-refractivity contribution in [1.29, 1.82) is 0 Å². The van der Waals surface area contributed by atoms with Gasteiger partial charge in [-0.1, -0.05) is 30.3 Å². The summed E-state index contributed by atoms with van der Waals surface area (Å²) in [5.74, 6) is 0.621. The molecule has 0 unspecified atom stereocenters. The first-order chi connectivity index (χ1) is 11.6. The molecule has 0 aromatic heterocycles. The molecule has 1 aliphatic rings. The van der Waals surface area contributed by atoms with Gasteiger partial charge < -0.3 is 4.90 Å². The van der Waals surface area contributed by atoms with Crippen molar-refractivity contribution >= 4 is 11.6 Å². The van der Waals surface area contributed by atoms with Crippen LogP contribution >= 0.6 is 0 Å². The highest BCUT2D eigenvalue weighted by Gasteiger charge is 2.23. The van der Waals surface area contributed by atoms with E-state index in [4.69, 9.17) is 0 Å². The van der Waals surface area contributed by atoms with Crippen molar-refractivity contribution in [2.75, 3.05) is 13.1 Å². The van der Waals surface area contributed by atoms with Gasteiger partial charge in [0.15, 0.2) is 0 Å². The van der Waals surface area contributed by atoms with Crippen molar-refractivity contribution < 1.29 is 9.72 Å². The SMILES string of the molecule is O=C(c1ccccc1)N1CCC(Cc2ccc([N+](=O)[O-])cc2)CC1. The van der Waals surface area contributed by atoms with Crippen molar-refractivity contribution in [3.8, 4) is 0 Å². The Kier molecular flexibility index (Phi) is 4.89. The maximum Gasteiger partial charge on any atom is 0.269 e. The van der Waals surface area contributed by atoms with Gasteiger partial charge in [0.25, 0.3) is 11.6 Å².